The van der Waals surface area contributed by atoms with Crippen molar-refractivity contribution in [1.29, 1.82) is 0 Å². The largest absolute Gasteiger partial charge is 0.388 e. The predicted molar refractivity (Wildman–Crippen MR) is 56.0 cm³/mol. The Kier molecular flexibility index (Phi) is 3.04. The van der Waals surface area contributed by atoms with Crippen molar-refractivity contribution in [3.05, 3.63) is 17.0 Å². The smallest absolute Gasteiger partial charge is 0.137 e. The van der Waals surface area contributed by atoms with Crippen LogP contribution in [0.2, 0.25) is 5.15 Å². The molecule has 2 heterocycles. The van der Waals surface area contributed by atoms with Gasteiger partial charge in [-0.1, -0.05) is 11.6 Å². The second kappa shape index (κ2) is 4.30. The van der Waals surface area contributed by atoms with E-state index in [0.29, 0.717) is 24.2 Å². The summed E-state index contributed by atoms with van der Waals surface area (Å²) in [4.78, 5) is 7.92. The number of hydrogen-bond donors (Lipinski definition) is 2. The van der Waals surface area contributed by atoms with E-state index in [1.165, 1.54) is 6.33 Å². The molecule has 0 spiro atoms. The van der Waals surface area contributed by atoms with Crippen molar-refractivity contribution in [3.8, 4) is 0 Å². The Labute approximate surface area is 92.5 Å². The summed E-state index contributed by atoms with van der Waals surface area (Å²) in [5, 5.41) is 13.1. The van der Waals surface area contributed by atoms with Crippen molar-refractivity contribution in [2.75, 3.05) is 18.5 Å². The van der Waals surface area contributed by atoms with Crippen molar-refractivity contribution in [1.82, 2.24) is 9.97 Å². The molecule has 2 rings (SSSR count). The maximum atomic E-state index is 9.55. The monoisotopic (exact) mass is 229 g/mol. The van der Waals surface area contributed by atoms with E-state index in [4.69, 9.17) is 16.3 Å². The lowest BCUT2D eigenvalue weighted by molar-refractivity contribution is 0.125. The molecule has 0 radical (unpaired) electrons. The quantitative estimate of drug-likeness (QED) is 0.728. The van der Waals surface area contributed by atoms with E-state index in [1.54, 1.807) is 0 Å². The third kappa shape index (κ3) is 2.19. The zero-order valence-electron chi connectivity index (χ0n) is 8.27. The van der Waals surface area contributed by atoms with E-state index in [-0.39, 0.29) is 6.04 Å². The van der Waals surface area contributed by atoms with Crippen molar-refractivity contribution in [3.63, 3.8) is 0 Å². The van der Waals surface area contributed by atoms with Crippen LogP contribution >= 0.6 is 11.6 Å². The number of nitrogens with zero attached hydrogens (tertiary/aromatic N) is 2. The number of nitrogens with one attached hydrogen (secondary N) is 1. The van der Waals surface area contributed by atoms with Crippen molar-refractivity contribution < 1.29 is 9.84 Å². The van der Waals surface area contributed by atoms with Crippen LogP contribution in [0.1, 0.15) is 5.56 Å². The molecule has 5 nitrogen and oxygen atoms in total. The van der Waals surface area contributed by atoms with Crippen LogP contribution in [-0.4, -0.2) is 40.4 Å². The molecule has 1 fully saturated rings. The van der Waals surface area contributed by atoms with Crippen LogP contribution in [0.4, 0.5) is 5.82 Å². The second-order valence-corrected chi connectivity index (χ2v) is 3.85. The van der Waals surface area contributed by atoms with Gasteiger partial charge in [0.25, 0.3) is 0 Å². The van der Waals surface area contributed by atoms with E-state index in [9.17, 15) is 5.11 Å². The molecule has 6 heteroatoms. The summed E-state index contributed by atoms with van der Waals surface area (Å²) in [6.07, 6.45) is 0.887. The summed E-state index contributed by atoms with van der Waals surface area (Å²) in [7, 11) is 0. The van der Waals surface area contributed by atoms with Gasteiger partial charge in [0.2, 0.25) is 0 Å². The lowest BCUT2D eigenvalue weighted by Gasteiger charge is -2.16. The second-order valence-electron chi connectivity index (χ2n) is 3.49. The van der Waals surface area contributed by atoms with E-state index in [2.05, 4.69) is 15.3 Å². The number of halogens is 1. The van der Waals surface area contributed by atoms with Gasteiger partial charge in [-0.2, -0.15) is 0 Å². The van der Waals surface area contributed by atoms with E-state index >= 15 is 0 Å². The number of hydrogen-bond acceptors (Lipinski definition) is 5. The summed E-state index contributed by atoms with van der Waals surface area (Å²) in [6.45, 7) is 2.66. The number of aliphatic hydroxyl groups is 1. The average molecular weight is 230 g/mol. The minimum absolute atomic E-state index is 0.130. The molecule has 0 aromatic carbocycles. The molecule has 0 saturated carbocycles. The fraction of sp³-hybridized carbons (Fsp3) is 0.556. The van der Waals surface area contributed by atoms with Gasteiger partial charge in [-0.25, -0.2) is 9.97 Å². The maximum Gasteiger partial charge on any atom is 0.137 e. The molecular weight excluding hydrogens is 218 g/mol. The third-order valence-corrected chi connectivity index (χ3v) is 2.78. The van der Waals surface area contributed by atoms with Gasteiger partial charge in [0, 0.05) is 5.56 Å². The molecule has 0 aliphatic carbocycles. The molecule has 1 saturated heterocycles. The predicted octanol–water partition coefficient (Wildman–Crippen LogP) is 0.610. The summed E-state index contributed by atoms with van der Waals surface area (Å²) in [5.41, 5.74) is 0.776. The Morgan fingerprint density at radius 1 is 1.53 bits per heavy atom. The number of rotatable bonds is 2. The average Bonchev–Trinajstić information content (AvgIpc) is 2.60. The minimum Gasteiger partial charge on any atom is -0.388 e. The van der Waals surface area contributed by atoms with Crippen LogP contribution in [0.15, 0.2) is 6.33 Å². The Bertz CT molecular complexity index is 361. The standard InChI is InChI=1S/C9H12ClN3O2/c1-5-8(10)11-4-12-9(5)13-6-2-15-3-7(6)14/h4,6-7,14H,2-3H2,1H3,(H,11,12,13). The summed E-state index contributed by atoms with van der Waals surface area (Å²) in [5.74, 6) is 0.643. The van der Waals surface area contributed by atoms with Crippen LogP contribution in [0.3, 0.4) is 0 Å². The first-order chi connectivity index (χ1) is 7.18. The van der Waals surface area contributed by atoms with E-state index < -0.39 is 6.10 Å². The zero-order valence-corrected chi connectivity index (χ0v) is 9.03. The van der Waals surface area contributed by atoms with E-state index in [1.807, 2.05) is 6.92 Å². The first kappa shape index (κ1) is 10.6. The molecule has 1 aliphatic rings. The number of aromatic nitrogens is 2. The van der Waals surface area contributed by atoms with Crippen LogP contribution < -0.4 is 5.32 Å². The number of aliphatic hydroxyl groups excluding tert-OH is 1. The first-order valence-corrected chi connectivity index (χ1v) is 5.05. The fourth-order valence-corrected chi connectivity index (χ4v) is 1.56. The summed E-state index contributed by atoms with van der Waals surface area (Å²) >= 11 is 5.85. The van der Waals surface area contributed by atoms with Crippen LogP contribution in [0.5, 0.6) is 0 Å². The van der Waals surface area contributed by atoms with Gasteiger partial charge in [0.15, 0.2) is 0 Å². The fourth-order valence-electron chi connectivity index (χ4n) is 1.43. The molecule has 2 atom stereocenters. The normalized spacial score (nSPS) is 25.5. The highest BCUT2D eigenvalue weighted by Gasteiger charge is 2.26. The van der Waals surface area contributed by atoms with Gasteiger partial charge in [-0.15, -0.1) is 0 Å². The van der Waals surface area contributed by atoms with Crippen molar-refractivity contribution in [2.24, 2.45) is 0 Å². The van der Waals surface area contributed by atoms with Gasteiger partial charge < -0.3 is 15.2 Å². The molecule has 0 bridgehead atoms. The Morgan fingerprint density at radius 2 is 2.33 bits per heavy atom. The van der Waals surface area contributed by atoms with Gasteiger partial charge in [0.05, 0.1) is 25.4 Å². The Balaban J connectivity index is 2.13. The lowest BCUT2D eigenvalue weighted by Crippen LogP contribution is -2.32. The van der Waals surface area contributed by atoms with E-state index in [0.717, 1.165) is 5.56 Å². The Hall–Kier alpha value is -0.910. The van der Waals surface area contributed by atoms with Gasteiger partial charge in [-0.05, 0) is 6.92 Å². The molecule has 0 amide bonds. The molecular formula is C9H12ClN3O2. The van der Waals surface area contributed by atoms with Crippen LogP contribution in [0.25, 0.3) is 0 Å². The molecule has 1 aromatic rings. The summed E-state index contributed by atoms with van der Waals surface area (Å²) < 4.78 is 5.12. The van der Waals surface area contributed by atoms with Gasteiger partial charge in [0.1, 0.15) is 17.3 Å². The number of anilines is 1. The molecule has 1 aromatic heterocycles. The van der Waals surface area contributed by atoms with Gasteiger partial charge in [-0.3, -0.25) is 0 Å². The van der Waals surface area contributed by atoms with Crippen molar-refractivity contribution in [2.45, 2.75) is 19.1 Å². The highest BCUT2D eigenvalue weighted by atomic mass is 35.5. The Morgan fingerprint density at radius 3 is 3.00 bits per heavy atom. The lowest BCUT2D eigenvalue weighted by atomic mass is 10.2. The third-order valence-electron chi connectivity index (χ3n) is 2.40. The van der Waals surface area contributed by atoms with Crippen LogP contribution in [-0.2, 0) is 4.74 Å². The topological polar surface area (TPSA) is 67.3 Å². The molecule has 15 heavy (non-hydrogen) atoms. The molecule has 2 unspecified atom stereocenters. The van der Waals surface area contributed by atoms with Gasteiger partial charge >= 0.3 is 0 Å². The summed E-state index contributed by atoms with van der Waals surface area (Å²) in [6, 6.07) is -0.130. The SMILES string of the molecule is Cc1c(Cl)ncnc1NC1COCC1O. The molecule has 2 N–H and O–H groups in total. The molecule has 82 valence electrons. The van der Waals surface area contributed by atoms with Crippen LogP contribution in [0, 0.1) is 6.92 Å². The number of ether oxygens (including phenoxy) is 1. The molecule has 1 aliphatic heterocycles. The minimum atomic E-state index is -0.502. The van der Waals surface area contributed by atoms with Crippen molar-refractivity contribution >= 4 is 17.4 Å². The highest BCUT2D eigenvalue weighted by Crippen LogP contribution is 2.20. The zero-order chi connectivity index (χ0) is 10.8. The highest BCUT2D eigenvalue weighted by molar-refractivity contribution is 6.30. The maximum absolute atomic E-state index is 9.55. The first-order valence-electron chi connectivity index (χ1n) is 4.68.